The molecule has 0 bridgehead atoms. The maximum Gasteiger partial charge on any atom is 0.234 e. The zero-order chi connectivity index (χ0) is 22.5. The fourth-order valence-corrected chi connectivity index (χ4v) is 5.32. The first-order valence-corrected chi connectivity index (χ1v) is 12.6. The molecule has 1 aliphatic carbocycles. The van der Waals surface area contributed by atoms with Crippen molar-refractivity contribution in [2.24, 2.45) is 13.0 Å². The van der Waals surface area contributed by atoms with E-state index < -0.39 is 0 Å². The largest absolute Gasteiger partial charge is 0.326 e. The van der Waals surface area contributed by atoms with Crippen LogP contribution in [-0.2, 0) is 16.6 Å². The molecule has 7 nitrogen and oxygen atoms in total. The van der Waals surface area contributed by atoms with E-state index in [0.29, 0.717) is 5.16 Å². The fourth-order valence-electron chi connectivity index (χ4n) is 3.87. The van der Waals surface area contributed by atoms with Crippen molar-refractivity contribution in [1.82, 2.24) is 14.8 Å². The maximum absolute atomic E-state index is 12.5. The Hall–Kier alpha value is -2.65. The molecular formula is C23H27N5O2S2. The average molecular weight is 470 g/mol. The lowest BCUT2D eigenvalue weighted by Gasteiger charge is -2.21. The van der Waals surface area contributed by atoms with Crippen LogP contribution in [0.5, 0.6) is 0 Å². The highest BCUT2D eigenvalue weighted by atomic mass is 32.2. The number of thiophene rings is 1. The summed E-state index contributed by atoms with van der Waals surface area (Å²) in [7, 11) is 1.90. The van der Waals surface area contributed by atoms with Gasteiger partial charge in [0.1, 0.15) is 0 Å². The first-order valence-electron chi connectivity index (χ1n) is 10.8. The molecule has 2 aromatic heterocycles. The third-order valence-corrected chi connectivity index (χ3v) is 7.54. The van der Waals surface area contributed by atoms with Crippen molar-refractivity contribution in [2.45, 2.75) is 44.2 Å². The fraction of sp³-hybridized carbons (Fsp3) is 0.391. The lowest BCUT2D eigenvalue weighted by atomic mass is 9.88. The van der Waals surface area contributed by atoms with Gasteiger partial charge in [0, 0.05) is 24.3 Å². The van der Waals surface area contributed by atoms with Gasteiger partial charge in [-0.05, 0) is 55.0 Å². The molecule has 1 saturated carbocycles. The van der Waals surface area contributed by atoms with Crippen LogP contribution in [0.25, 0.3) is 10.7 Å². The summed E-state index contributed by atoms with van der Waals surface area (Å²) in [5, 5.41) is 17.1. The summed E-state index contributed by atoms with van der Waals surface area (Å²) in [6.07, 6.45) is 5.42. The van der Waals surface area contributed by atoms with Crippen LogP contribution in [0.15, 0.2) is 40.9 Å². The van der Waals surface area contributed by atoms with Gasteiger partial charge in [0.25, 0.3) is 0 Å². The van der Waals surface area contributed by atoms with E-state index in [9.17, 15) is 9.59 Å². The third kappa shape index (κ3) is 5.39. The minimum atomic E-state index is -0.113. The molecule has 0 radical (unpaired) electrons. The summed E-state index contributed by atoms with van der Waals surface area (Å²) in [6, 6.07) is 9.56. The van der Waals surface area contributed by atoms with Crippen LogP contribution in [0.1, 0.15) is 37.7 Å². The number of anilines is 2. The Morgan fingerprint density at radius 2 is 1.97 bits per heavy atom. The molecule has 2 N–H and O–H groups in total. The molecule has 0 atom stereocenters. The smallest absolute Gasteiger partial charge is 0.234 e. The average Bonchev–Trinajstić information content (AvgIpc) is 3.44. The first kappa shape index (κ1) is 22.5. The number of nitrogens with zero attached hydrogens (tertiary/aromatic N) is 3. The van der Waals surface area contributed by atoms with Gasteiger partial charge in [-0.3, -0.25) is 9.59 Å². The Labute approximate surface area is 196 Å². The van der Waals surface area contributed by atoms with Crippen molar-refractivity contribution in [3.8, 4) is 10.7 Å². The number of aromatic nitrogens is 3. The molecule has 1 fully saturated rings. The van der Waals surface area contributed by atoms with Crippen molar-refractivity contribution < 1.29 is 9.59 Å². The number of nitrogens with one attached hydrogen (secondary N) is 2. The molecule has 1 aliphatic rings. The molecule has 0 spiro atoms. The molecule has 4 rings (SSSR count). The Morgan fingerprint density at radius 3 is 2.69 bits per heavy atom. The number of carbonyl (C=O) groups excluding carboxylic acids is 2. The standard InChI is InChI=1S/C23H27N5O2S2/c1-15-13-17(24-22(30)16-7-4-3-5-8-16)10-11-18(15)25-20(29)14-32-23-27-26-21(28(23)2)19-9-6-12-31-19/h6,9-13,16H,3-5,7-8,14H2,1-2H3,(H,24,30)(H,25,29). The van der Waals surface area contributed by atoms with Crippen LogP contribution in [-0.4, -0.2) is 32.3 Å². The quantitative estimate of drug-likeness (QED) is 0.470. The Bertz CT molecular complexity index is 1090. The summed E-state index contributed by atoms with van der Waals surface area (Å²) in [6.45, 7) is 1.93. The molecule has 0 saturated heterocycles. The predicted molar refractivity (Wildman–Crippen MR) is 130 cm³/mol. The van der Waals surface area contributed by atoms with Gasteiger partial charge >= 0.3 is 0 Å². The highest BCUT2D eigenvalue weighted by molar-refractivity contribution is 7.99. The Morgan fingerprint density at radius 1 is 1.16 bits per heavy atom. The normalized spacial score (nSPS) is 14.3. The summed E-state index contributed by atoms with van der Waals surface area (Å²) in [4.78, 5) is 26.0. The van der Waals surface area contributed by atoms with Gasteiger partial charge in [0.05, 0.1) is 10.6 Å². The van der Waals surface area contributed by atoms with E-state index >= 15 is 0 Å². The van der Waals surface area contributed by atoms with Gasteiger partial charge in [0.15, 0.2) is 11.0 Å². The number of carbonyl (C=O) groups is 2. The number of thioether (sulfide) groups is 1. The number of aryl methyl sites for hydroxylation is 1. The second-order valence-corrected chi connectivity index (χ2v) is 9.92. The molecule has 0 aliphatic heterocycles. The number of rotatable bonds is 7. The van der Waals surface area contributed by atoms with Crippen LogP contribution in [0.2, 0.25) is 0 Å². The van der Waals surface area contributed by atoms with Gasteiger partial charge in [-0.1, -0.05) is 37.1 Å². The topological polar surface area (TPSA) is 88.9 Å². The Balaban J connectivity index is 1.31. The maximum atomic E-state index is 12.5. The monoisotopic (exact) mass is 469 g/mol. The van der Waals surface area contributed by atoms with Crippen molar-refractivity contribution in [1.29, 1.82) is 0 Å². The van der Waals surface area contributed by atoms with Crippen molar-refractivity contribution in [2.75, 3.05) is 16.4 Å². The first-order chi connectivity index (χ1) is 15.5. The van der Waals surface area contributed by atoms with Gasteiger partial charge in [-0.2, -0.15) is 0 Å². The number of hydrogen-bond acceptors (Lipinski definition) is 6. The molecule has 9 heteroatoms. The van der Waals surface area contributed by atoms with Gasteiger partial charge in [-0.15, -0.1) is 21.5 Å². The second kappa shape index (κ2) is 10.3. The molecule has 1 aromatic carbocycles. The summed E-state index contributed by atoms with van der Waals surface area (Å²) >= 11 is 2.96. The molecular weight excluding hydrogens is 442 g/mol. The highest BCUT2D eigenvalue weighted by Gasteiger charge is 2.21. The van der Waals surface area contributed by atoms with Gasteiger partial charge in [0.2, 0.25) is 11.8 Å². The van der Waals surface area contributed by atoms with E-state index in [1.807, 2.05) is 54.3 Å². The highest BCUT2D eigenvalue weighted by Crippen LogP contribution is 2.28. The van der Waals surface area contributed by atoms with E-state index in [4.69, 9.17) is 0 Å². The Kier molecular flexibility index (Phi) is 7.26. The lowest BCUT2D eigenvalue weighted by molar-refractivity contribution is -0.120. The van der Waals surface area contributed by atoms with Crippen LogP contribution in [0.3, 0.4) is 0 Å². The molecule has 168 valence electrons. The predicted octanol–water partition coefficient (Wildman–Crippen LogP) is 5.10. The SMILES string of the molecule is Cc1cc(NC(=O)C2CCCCC2)ccc1NC(=O)CSc1nnc(-c2cccs2)n1C. The van der Waals surface area contributed by atoms with Crippen molar-refractivity contribution in [3.63, 3.8) is 0 Å². The van der Waals surface area contributed by atoms with Crippen LogP contribution in [0, 0.1) is 12.8 Å². The summed E-state index contributed by atoms with van der Waals surface area (Å²) in [5.74, 6) is 1.13. The van der Waals surface area contributed by atoms with Crippen molar-refractivity contribution in [3.05, 3.63) is 41.3 Å². The molecule has 32 heavy (non-hydrogen) atoms. The molecule has 2 amide bonds. The third-order valence-electron chi connectivity index (χ3n) is 5.65. The second-order valence-electron chi connectivity index (χ2n) is 8.03. The van der Waals surface area contributed by atoms with Crippen LogP contribution in [0.4, 0.5) is 11.4 Å². The number of hydrogen-bond donors (Lipinski definition) is 2. The van der Waals surface area contributed by atoms with E-state index in [2.05, 4.69) is 20.8 Å². The lowest BCUT2D eigenvalue weighted by Crippen LogP contribution is -2.24. The zero-order valence-corrected chi connectivity index (χ0v) is 19.9. The van der Waals surface area contributed by atoms with Crippen LogP contribution < -0.4 is 10.6 Å². The summed E-state index contributed by atoms with van der Waals surface area (Å²) < 4.78 is 1.90. The number of benzene rings is 1. The molecule has 2 heterocycles. The van der Waals surface area contributed by atoms with Crippen LogP contribution >= 0.6 is 23.1 Å². The van der Waals surface area contributed by atoms with E-state index in [1.54, 1.807) is 11.3 Å². The van der Waals surface area contributed by atoms with E-state index in [-0.39, 0.29) is 23.5 Å². The van der Waals surface area contributed by atoms with Gasteiger partial charge in [-0.25, -0.2) is 0 Å². The number of amides is 2. The minimum absolute atomic E-state index is 0.0999. The van der Waals surface area contributed by atoms with E-state index in [1.165, 1.54) is 18.2 Å². The van der Waals surface area contributed by atoms with Gasteiger partial charge < -0.3 is 15.2 Å². The molecule has 0 unspecified atom stereocenters. The summed E-state index contributed by atoms with van der Waals surface area (Å²) in [5.41, 5.74) is 2.41. The zero-order valence-electron chi connectivity index (χ0n) is 18.3. The van der Waals surface area contributed by atoms with Crippen molar-refractivity contribution >= 4 is 46.3 Å². The minimum Gasteiger partial charge on any atom is -0.326 e. The molecule has 3 aromatic rings. The van der Waals surface area contributed by atoms with E-state index in [0.717, 1.165) is 53.3 Å².